The van der Waals surface area contributed by atoms with Crippen molar-refractivity contribution in [2.24, 2.45) is 7.05 Å². The minimum atomic E-state index is 0.100. The van der Waals surface area contributed by atoms with Crippen molar-refractivity contribution in [2.75, 3.05) is 11.9 Å². The van der Waals surface area contributed by atoms with E-state index in [4.69, 9.17) is 0 Å². The van der Waals surface area contributed by atoms with Crippen LogP contribution in [0.4, 0.5) is 5.82 Å². The average Bonchev–Trinajstić information content (AvgIpc) is 3.16. The van der Waals surface area contributed by atoms with Crippen molar-refractivity contribution < 1.29 is 4.79 Å². The zero-order chi connectivity index (χ0) is 14.6. The highest BCUT2D eigenvalue weighted by Crippen LogP contribution is 2.32. The topological polar surface area (TPSA) is 75.9 Å². The van der Waals surface area contributed by atoms with Gasteiger partial charge in [-0.05, 0) is 28.8 Å². The van der Waals surface area contributed by atoms with Gasteiger partial charge in [-0.25, -0.2) is 14.6 Å². The van der Waals surface area contributed by atoms with E-state index in [1.54, 1.807) is 4.68 Å². The van der Waals surface area contributed by atoms with Gasteiger partial charge in [0.05, 0.1) is 11.4 Å². The number of carbonyl (C=O) groups excluding carboxylic acids is 1. The number of amides is 1. The number of anilines is 1. The third-order valence-corrected chi connectivity index (χ3v) is 4.62. The molecule has 1 atom stereocenters. The van der Waals surface area contributed by atoms with Gasteiger partial charge in [0.15, 0.2) is 5.65 Å². The monoisotopic (exact) mass is 350 g/mol. The molecule has 2 aromatic heterocycles. The molecule has 0 radical (unpaired) electrons. The van der Waals surface area contributed by atoms with Gasteiger partial charge in [-0.15, -0.1) is 0 Å². The first-order chi connectivity index (χ1) is 10.1. The summed E-state index contributed by atoms with van der Waals surface area (Å²) >= 11 is 3.45. The quantitative estimate of drug-likeness (QED) is 0.902. The van der Waals surface area contributed by atoms with E-state index in [2.05, 4.69) is 36.3 Å². The third kappa shape index (κ3) is 2.17. The summed E-state index contributed by atoms with van der Waals surface area (Å²) in [6, 6.07) is 0.572. The largest absolute Gasteiger partial charge is 0.364 e. The zero-order valence-electron chi connectivity index (χ0n) is 11.6. The molecule has 2 fully saturated rings. The number of nitrogens with one attached hydrogen (secondary N) is 1. The van der Waals surface area contributed by atoms with E-state index in [1.165, 1.54) is 6.33 Å². The van der Waals surface area contributed by atoms with Crippen molar-refractivity contribution in [1.29, 1.82) is 0 Å². The standard InChI is InChI=1S/C13H15BrN6O/c1-19-13-10(11(14)18-19)12(15-6-16-13)17-7-4-9(21)20(5-7)8-2-3-8/h6-8H,2-5H2,1H3,(H,15,16,17). The first-order valence-electron chi connectivity index (χ1n) is 7.02. The van der Waals surface area contributed by atoms with Crippen LogP contribution in [0, 0.1) is 0 Å². The third-order valence-electron chi connectivity index (χ3n) is 4.06. The van der Waals surface area contributed by atoms with Crippen LogP contribution in [0.5, 0.6) is 0 Å². The molecule has 1 unspecified atom stereocenters. The van der Waals surface area contributed by atoms with Gasteiger partial charge in [-0.3, -0.25) is 4.79 Å². The molecule has 1 amide bonds. The van der Waals surface area contributed by atoms with Gasteiger partial charge in [-0.1, -0.05) is 0 Å². The molecule has 4 rings (SSSR count). The lowest BCUT2D eigenvalue weighted by Crippen LogP contribution is -2.30. The fourth-order valence-electron chi connectivity index (χ4n) is 2.91. The molecule has 2 aromatic rings. The first kappa shape index (κ1) is 13.0. The van der Waals surface area contributed by atoms with Crippen LogP contribution in [0.1, 0.15) is 19.3 Å². The summed E-state index contributed by atoms with van der Waals surface area (Å²) in [5.41, 5.74) is 0.766. The molecule has 2 aliphatic rings. The molecular formula is C13H15BrN6O. The van der Waals surface area contributed by atoms with E-state index in [0.717, 1.165) is 36.2 Å². The number of carbonyl (C=O) groups is 1. The van der Waals surface area contributed by atoms with E-state index in [1.807, 2.05) is 11.9 Å². The van der Waals surface area contributed by atoms with Crippen LogP contribution in [-0.4, -0.2) is 49.2 Å². The SMILES string of the molecule is Cn1nc(Br)c2c(NC3CC(=O)N(C4CC4)C3)ncnc21. The molecule has 1 aliphatic heterocycles. The number of hydrogen-bond donors (Lipinski definition) is 1. The highest BCUT2D eigenvalue weighted by atomic mass is 79.9. The maximum absolute atomic E-state index is 12.0. The van der Waals surface area contributed by atoms with Crippen LogP contribution < -0.4 is 5.32 Å². The van der Waals surface area contributed by atoms with Gasteiger partial charge in [-0.2, -0.15) is 5.10 Å². The Hall–Kier alpha value is -1.70. The Kier molecular flexibility index (Phi) is 2.88. The van der Waals surface area contributed by atoms with Crippen molar-refractivity contribution in [3.63, 3.8) is 0 Å². The number of halogens is 1. The number of aromatic nitrogens is 4. The Bertz CT molecular complexity index is 725. The number of rotatable bonds is 3. The maximum Gasteiger partial charge on any atom is 0.225 e. The fraction of sp³-hybridized carbons (Fsp3) is 0.538. The Morgan fingerprint density at radius 2 is 2.19 bits per heavy atom. The predicted molar refractivity (Wildman–Crippen MR) is 80.8 cm³/mol. The van der Waals surface area contributed by atoms with Crippen molar-refractivity contribution in [3.8, 4) is 0 Å². The number of nitrogens with zero attached hydrogens (tertiary/aromatic N) is 5. The van der Waals surface area contributed by atoms with Crippen LogP contribution >= 0.6 is 15.9 Å². The molecule has 3 heterocycles. The molecule has 1 aliphatic carbocycles. The minimum absolute atomic E-state index is 0.100. The molecule has 0 bridgehead atoms. The normalized spacial score (nSPS) is 22.3. The number of hydrogen-bond acceptors (Lipinski definition) is 5. The van der Waals surface area contributed by atoms with E-state index in [-0.39, 0.29) is 11.9 Å². The zero-order valence-corrected chi connectivity index (χ0v) is 13.2. The van der Waals surface area contributed by atoms with Crippen LogP contribution in [-0.2, 0) is 11.8 Å². The Morgan fingerprint density at radius 1 is 1.38 bits per heavy atom. The van der Waals surface area contributed by atoms with Crippen molar-refractivity contribution in [1.82, 2.24) is 24.6 Å². The minimum Gasteiger partial charge on any atom is -0.364 e. The molecule has 1 saturated heterocycles. The van der Waals surface area contributed by atoms with Gasteiger partial charge in [0, 0.05) is 26.1 Å². The smallest absolute Gasteiger partial charge is 0.225 e. The van der Waals surface area contributed by atoms with Gasteiger partial charge in [0.2, 0.25) is 5.91 Å². The maximum atomic E-state index is 12.0. The summed E-state index contributed by atoms with van der Waals surface area (Å²) in [7, 11) is 1.85. The molecule has 110 valence electrons. The van der Waals surface area contributed by atoms with E-state index < -0.39 is 0 Å². The lowest BCUT2D eigenvalue weighted by atomic mass is 10.2. The lowest BCUT2D eigenvalue weighted by Gasteiger charge is -2.16. The molecule has 8 heteroatoms. The van der Waals surface area contributed by atoms with Gasteiger partial charge >= 0.3 is 0 Å². The summed E-state index contributed by atoms with van der Waals surface area (Å²) in [4.78, 5) is 22.6. The Balaban J connectivity index is 1.61. The second kappa shape index (κ2) is 4.66. The van der Waals surface area contributed by atoms with Gasteiger partial charge < -0.3 is 10.2 Å². The van der Waals surface area contributed by atoms with Gasteiger partial charge in [0.1, 0.15) is 16.7 Å². The Morgan fingerprint density at radius 3 is 2.95 bits per heavy atom. The molecular weight excluding hydrogens is 336 g/mol. The molecule has 1 N–H and O–H groups in total. The second-order valence-corrected chi connectivity index (χ2v) is 6.41. The van der Waals surface area contributed by atoms with Crippen molar-refractivity contribution in [2.45, 2.75) is 31.3 Å². The summed E-state index contributed by atoms with van der Waals surface area (Å²) in [6.07, 6.45) is 4.34. The molecule has 0 spiro atoms. The van der Waals surface area contributed by atoms with E-state index in [9.17, 15) is 4.79 Å². The number of likely N-dealkylation sites (tertiary alicyclic amines) is 1. The second-order valence-electron chi connectivity index (χ2n) is 5.66. The van der Waals surface area contributed by atoms with Crippen molar-refractivity contribution in [3.05, 3.63) is 10.9 Å². The summed E-state index contributed by atoms with van der Waals surface area (Å²) in [6.45, 7) is 0.757. The average molecular weight is 351 g/mol. The predicted octanol–water partition coefficient (Wildman–Crippen LogP) is 1.30. The Labute approximate surface area is 129 Å². The number of fused-ring (bicyclic) bond motifs is 1. The first-order valence-corrected chi connectivity index (χ1v) is 7.82. The number of aryl methyl sites for hydroxylation is 1. The molecule has 1 saturated carbocycles. The summed E-state index contributed by atoms with van der Waals surface area (Å²) in [5.74, 6) is 0.973. The summed E-state index contributed by atoms with van der Waals surface area (Å²) < 4.78 is 2.43. The highest BCUT2D eigenvalue weighted by Gasteiger charge is 2.39. The van der Waals surface area contributed by atoms with E-state index >= 15 is 0 Å². The molecule has 7 nitrogen and oxygen atoms in total. The van der Waals surface area contributed by atoms with Crippen LogP contribution in [0.25, 0.3) is 11.0 Å². The van der Waals surface area contributed by atoms with E-state index in [0.29, 0.717) is 17.1 Å². The molecule has 21 heavy (non-hydrogen) atoms. The van der Waals surface area contributed by atoms with Crippen LogP contribution in [0.15, 0.2) is 10.9 Å². The fourth-order valence-corrected chi connectivity index (χ4v) is 3.51. The highest BCUT2D eigenvalue weighted by molar-refractivity contribution is 9.10. The van der Waals surface area contributed by atoms with Crippen molar-refractivity contribution >= 4 is 38.7 Å². The van der Waals surface area contributed by atoms with Crippen LogP contribution in [0.3, 0.4) is 0 Å². The summed E-state index contributed by atoms with van der Waals surface area (Å²) in [5, 5.41) is 8.55. The van der Waals surface area contributed by atoms with Crippen LogP contribution in [0.2, 0.25) is 0 Å². The molecule has 0 aromatic carbocycles. The lowest BCUT2D eigenvalue weighted by molar-refractivity contribution is -0.128. The van der Waals surface area contributed by atoms with Gasteiger partial charge in [0.25, 0.3) is 0 Å².